The number of nitrogens with zero attached hydrogens (tertiary/aromatic N) is 9. The van der Waals surface area contributed by atoms with Crippen molar-refractivity contribution in [2.45, 2.75) is 94.6 Å². The van der Waals surface area contributed by atoms with Crippen LogP contribution in [0.1, 0.15) is 104 Å². The second-order valence-corrected chi connectivity index (χ2v) is 30.4. The van der Waals surface area contributed by atoms with Crippen LogP contribution in [0.25, 0.3) is 33.8 Å². The molecule has 0 N–H and O–H groups in total. The predicted molar refractivity (Wildman–Crippen MR) is 353 cm³/mol. The van der Waals surface area contributed by atoms with Crippen molar-refractivity contribution in [1.29, 1.82) is 0 Å². The van der Waals surface area contributed by atoms with E-state index < -0.39 is 75.3 Å². The van der Waals surface area contributed by atoms with E-state index in [4.69, 9.17) is 14.2 Å². The molecule has 6 heterocycles. The Hall–Kier alpha value is -7.38. The van der Waals surface area contributed by atoms with Gasteiger partial charge in [0.1, 0.15) is 34.3 Å². The highest BCUT2D eigenvalue weighted by molar-refractivity contribution is 7.93. The van der Waals surface area contributed by atoms with Crippen molar-refractivity contribution in [3.05, 3.63) is 178 Å². The predicted octanol–water partition coefficient (Wildman–Crippen LogP) is 19.6. The Labute approximate surface area is 547 Å². The molecular weight excluding hydrogens is 1340 g/mol. The van der Waals surface area contributed by atoms with Crippen molar-refractivity contribution in [2.75, 3.05) is 40.1 Å². The van der Waals surface area contributed by atoms with Crippen molar-refractivity contribution in [1.82, 2.24) is 29.9 Å². The van der Waals surface area contributed by atoms with Gasteiger partial charge in [-0.3, -0.25) is 15.0 Å². The zero-order valence-corrected chi connectivity index (χ0v) is 55.7. The average molecular weight is 1410 g/mol. The highest BCUT2D eigenvalue weighted by atomic mass is 32.2. The molecule has 5 atom stereocenters. The lowest BCUT2D eigenvalue weighted by molar-refractivity contribution is -0.142. The first-order valence-corrected chi connectivity index (χ1v) is 36.6. The van der Waals surface area contributed by atoms with Crippen LogP contribution in [-0.2, 0) is 53.5 Å². The molecule has 5 unspecified atom stereocenters. The van der Waals surface area contributed by atoms with Crippen molar-refractivity contribution in [3.63, 3.8) is 0 Å². The van der Waals surface area contributed by atoms with Gasteiger partial charge in [0.15, 0.2) is 0 Å². The van der Waals surface area contributed by atoms with E-state index in [0.29, 0.717) is 62.0 Å². The van der Waals surface area contributed by atoms with Gasteiger partial charge in [-0.15, -0.1) is 34.0 Å². The molecule has 0 amide bonds. The average Bonchev–Trinajstić information content (AvgIpc) is 2.13. The Balaban J connectivity index is 0.000000221. The Morgan fingerprint density at radius 1 is 0.452 bits per heavy atom. The summed E-state index contributed by atoms with van der Waals surface area (Å²) in [5.41, 5.74) is 3.16. The number of rotatable bonds is 21. The molecule has 3 aromatic carbocycles. The van der Waals surface area contributed by atoms with Crippen LogP contribution in [0.3, 0.4) is 0 Å². The molecule has 9 aromatic rings. The number of benzene rings is 3. The maximum absolute atomic E-state index is 13.6. The zero-order valence-electron chi connectivity index (χ0n) is 50.8. The van der Waals surface area contributed by atoms with E-state index in [1.807, 2.05) is 97.4 Å². The molecule has 6 aromatic heterocycles. The first-order valence-electron chi connectivity index (χ1n) is 27.9. The molecule has 0 radical (unpaired) electrons. The summed E-state index contributed by atoms with van der Waals surface area (Å²) in [6, 6.07) is 28.8. The molecule has 0 aliphatic rings. The zero-order chi connectivity index (χ0) is 67.1. The molecule has 9 rings (SSSR count). The molecule has 0 saturated carbocycles. The van der Waals surface area contributed by atoms with E-state index in [0.717, 1.165) is 96.4 Å². The minimum atomic E-state index is -4.52. The fourth-order valence-electron chi connectivity index (χ4n) is 8.80. The van der Waals surface area contributed by atoms with Gasteiger partial charge in [0.25, 0.3) is 0 Å². The Morgan fingerprint density at radius 3 is 1.03 bits per heavy atom. The number of methoxy groups -OCH3 is 3. The molecule has 0 spiro atoms. The van der Waals surface area contributed by atoms with Crippen LogP contribution in [0.15, 0.2) is 157 Å². The van der Waals surface area contributed by atoms with Crippen molar-refractivity contribution in [2.24, 2.45) is 13.1 Å². The molecular formula is C63H68F9N9O6S6. The number of thiazole rings is 3. The lowest BCUT2D eigenvalue weighted by Gasteiger charge is -2.19. The SMILES string of the molecule is C.CCCCC(c1ccc(C(F)(F)F)nc1)S(C)(=O)=Nc1nc(-c2ccc(OC)cc2)cs1.CCCCC(c1ccc(C(F)(F)F)nc1)S(C)(=O)=Nc1nc(-c2ccc(OC)cc2)cs1.COc1ccc(-c2csc(N=S(C)(=O)Cc3ccc(C(F)(F)F)nc3)n2)cc1. The van der Waals surface area contributed by atoms with Gasteiger partial charge in [0, 0.05) is 70.2 Å². The minimum absolute atomic E-state index is 0. The van der Waals surface area contributed by atoms with Gasteiger partial charge in [0.2, 0.25) is 15.4 Å². The summed E-state index contributed by atoms with van der Waals surface area (Å²) in [5, 5.41) is 5.44. The first kappa shape index (κ1) is 74.7. The van der Waals surface area contributed by atoms with Gasteiger partial charge in [0.05, 0.1) is 83.9 Å². The fourth-order valence-corrected chi connectivity index (χ4v) is 17.0. The van der Waals surface area contributed by atoms with Crippen molar-refractivity contribution < 1.29 is 66.4 Å². The van der Waals surface area contributed by atoms with Crippen LogP contribution in [0.4, 0.5) is 54.9 Å². The lowest BCUT2D eigenvalue weighted by atomic mass is 10.1. The summed E-state index contributed by atoms with van der Waals surface area (Å²) in [7, 11) is -3.66. The molecule has 0 saturated heterocycles. The Bertz CT molecular complexity index is 4050. The largest absolute Gasteiger partial charge is 0.497 e. The Kier molecular flexibility index (Phi) is 26.2. The third kappa shape index (κ3) is 21.6. The molecule has 0 aliphatic carbocycles. The second kappa shape index (κ2) is 32.6. The Morgan fingerprint density at radius 2 is 0.763 bits per heavy atom. The third-order valence-corrected chi connectivity index (χ3v) is 21.7. The normalized spacial score (nSPS) is 14.2. The summed E-state index contributed by atoms with van der Waals surface area (Å²) >= 11 is 3.79. The number of hydrogen-bond donors (Lipinski definition) is 0. The standard InChI is InChI=1S/2C22H24F3N3O2S2.C18H16F3N3O2S2.CH4/c2*1-4-5-6-19(16-9-12-20(26-13-16)22(23,24)25)32(3,29)28-21-27-18(14-31-21)15-7-10-17(30-2)11-8-15;1-26-14-6-4-13(5-7-14)15-10-27-17(23-15)24-28(2,25)11-12-3-8-16(22-9-12)18(19,20)21;/h2*7-14,19H,4-6H2,1-3H3;3-10H,11H2,1-2H3;1H4. The van der Waals surface area contributed by atoms with Crippen LogP contribution < -0.4 is 14.2 Å². The number of ether oxygens (including phenoxy) is 3. The van der Waals surface area contributed by atoms with Gasteiger partial charge < -0.3 is 14.2 Å². The molecule has 93 heavy (non-hydrogen) atoms. The smallest absolute Gasteiger partial charge is 0.433 e. The summed E-state index contributed by atoms with van der Waals surface area (Å²) in [4.78, 5) is 23.8. The van der Waals surface area contributed by atoms with E-state index in [1.165, 1.54) is 71.0 Å². The topological polar surface area (TPSA) is 193 Å². The van der Waals surface area contributed by atoms with Crippen LogP contribution in [0.2, 0.25) is 0 Å². The summed E-state index contributed by atoms with van der Waals surface area (Å²) in [6.07, 6.45) is -1.35. The molecule has 500 valence electrons. The van der Waals surface area contributed by atoms with E-state index in [1.54, 1.807) is 26.7 Å². The van der Waals surface area contributed by atoms with Gasteiger partial charge >= 0.3 is 18.5 Å². The van der Waals surface area contributed by atoms with Gasteiger partial charge in [-0.2, -0.15) is 52.6 Å². The van der Waals surface area contributed by atoms with E-state index in [2.05, 4.69) is 43.0 Å². The van der Waals surface area contributed by atoms with Crippen LogP contribution >= 0.6 is 34.0 Å². The van der Waals surface area contributed by atoms with Crippen LogP contribution in [0.5, 0.6) is 17.2 Å². The van der Waals surface area contributed by atoms with E-state index >= 15 is 0 Å². The summed E-state index contributed by atoms with van der Waals surface area (Å²) in [6.45, 7) is 4.00. The molecule has 30 heteroatoms. The monoisotopic (exact) mass is 1410 g/mol. The molecule has 0 aliphatic heterocycles. The van der Waals surface area contributed by atoms with Crippen molar-refractivity contribution >= 4 is 78.6 Å². The lowest BCUT2D eigenvalue weighted by Crippen LogP contribution is -2.14. The third-order valence-electron chi connectivity index (χ3n) is 13.6. The maximum Gasteiger partial charge on any atom is 0.433 e. The number of aromatic nitrogens is 6. The van der Waals surface area contributed by atoms with Crippen molar-refractivity contribution in [3.8, 4) is 51.0 Å². The van der Waals surface area contributed by atoms with E-state index in [9.17, 15) is 52.1 Å². The molecule has 0 fully saturated rings. The summed E-state index contributed by atoms with van der Waals surface area (Å²) < 4.78 is 183. The van der Waals surface area contributed by atoms with Gasteiger partial charge in [-0.1, -0.05) is 65.2 Å². The van der Waals surface area contributed by atoms with E-state index in [-0.39, 0.29) is 13.2 Å². The maximum atomic E-state index is 13.6. The number of hydrogen-bond acceptors (Lipinski definition) is 18. The number of unbranched alkanes of at least 4 members (excludes halogenated alkanes) is 2. The van der Waals surface area contributed by atoms with Crippen LogP contribution in [0, 0.1) is 0 Å². The van der Waals surface area contributed by atoms with Crippen LogP contribution in [-0.4, -0.2) is 82.6 Å². The fraction of sp³-hybridized carbons (Fsp3) is 0.333. The highest BCUT2D eigenvalue weighted by Gasteiger charge is 2.35. The molecule has 15 nitrogen and oxygen atoms in total. The number of pyridine rings is 3. The number of alkyl halides is 9. The van der Waals surface area contributed by atoms with Gasteiger partial charge in [-0.05, 0) is 121 Å². The number of halogens is 9. The quantitative estimate of drug-likeness (QED) is 0.0619. The summed E-state index contributed by atoms with van der Waals surface area (Å²) in [5.74, 6) is 2.17. The second-order valence-electron chi connectivity index (χ2n) is 20.6. The first-order chi connectivity index (χ1) is 43.4. The molecule has 0 bridgehead atoms. The minimum Gasteiger partial charge on any atom is -0.497 e. The highest BCUT2D eigenvalue weighted by Crippen LogP contribution is 2.39. The van der Waals surface area contributed by atoms with Gasteiger partial charge in [-0.25, -0.2) is 27.6 Å².